The number of likely N-dealkylation sites (tertiary alicyclic amines) is 1. The lowest BCUT2D eigenvalue weighted by Gasteiger charge is -2.32. The van der Waals surface area contributed by atoms with Crippen molar-refractivity contribution >= 4 is 5.91 Å². The van der Waals surface area contributed by atoms with Crippen molar-refractivity contribution in [1.82, 2.24) is 20.1 Å². The van der Waals surface area contributed by atoms with Crippen molar-refractivity contribution in [3.05, 3.63) is 30.1 Å². The summed E-state index contributed by atoms with van der Waals surface area (Å²) in [7, 11) is 0. The van der Waals surface area contributed by atoms with Crippen LogP contribution in [0.5, 0.6) is 0 Å². The number of likely N-dealkylation sites (N-methyl/N-ethyl adjacent to an activating group) is 1. The second kappa shape index (κ2) is 8.25. The van der Waals surface area contributed by atoms with Crippen molar-refractivity contribution in [2.45, 2.75) is 38.3 Å². The summed E-state index contributed by atoms with van der Waals surface area (Å²) >= 11 is 0. The fourth-order valence-corrected chi connectivity index (χ4v) is 3.94. The van der Waals surface area contributed by atoms with Crippen molar-refractivity contribution in [3.8, 4) is 0 Å². The number of carbonyl (C=O) groups excluding carboxylic acids is 1. The van der Waals surface area contributed by atoms with Crippen LogP contribution in [0.2, 0.25) is 0 Å². The quantitative estimate of drug-likeness (QED) is 0.800. The van der Waals surface area contributed by atoms with E-state index in [1.807, 2.05) is 17.0 Å². The van der Waals surface area contributed by atoms with Crippen LogP contribution in [0.4, 0.5) is 0 Å². The number of nitrogens with one attached hydrogen (secondary N) is 1. The Kier molecular flexibility index (Phi) is 6.04. The summed E-state index contributed by atoms with van der Waals surface area (Å²) in [6, 6.07) is 4.02. The van der Waals surface area contributed by atoms with Crippen LogP contribution in [0.15, 0.2) is 24.5 Å². The molecule has 138 valence electrons. The van der Waals surface area contributed by atoms with E-state index < -0.39 is 5.60 Å². The third-order valence-corrected chi connectivity index (χ3v) is 5.45. The van der Waals surface area contributed by atoms with Crippen LogP contribution in [0.3, 0.4) is 0 Å². The number of aliphatic hydroxyl groups is 1. The highest BCUT2D eigenvalue weighted by molar-refractivity contribution is 5.79. The summed E-state index contributed by atoms with van der Waals surface area (Å²) in [6.07, 6.45) is 6.09. The molecule has 6 heteroatoms. The lowest BCUT2D eigenvalue weighted by molar-refractivity contribution is -0.136. The summed E-state index contributed by atoms with van der Waals surface area (Å²) in [5.74, 6) is 0.359. The molecule has 1 aromatic heterocycles. The molecule has 1 aromatic rings. The highest BCUT2D eigenvalue weighted by Crippen LogP contribution is 2.26. The average Bonchev–Trinajstić information content (AvgIpc) is 3.04. The van der Waals surface area contributed by atoms with Crippen molar-refractivity contribution in [1.29, 1.82) is 0 Å². The van der Waals surface area contributed by atoms with Gasteiger partial charge in [-0.3, -0.25) is 14.7 Å². The van der Waals surface area contributed by atoms with Gasteiger partial charge >= 0.3 is 0 Å². The number of β-amino-alcohol motifs (C(OH)–C–C–N with tert-alkyl or cyclic N) is 1. The minimum Gasteiger partial charge on any atom is -0.387 e. The number of hydrogen-bond donors (Lipinski definition) is 2. The fourth-order valence-electron chi connectivity index (χ4n) is 3.94. The summed E-state index contributed by atoms with van der Waals surface area (Å²) in [5.41, 5.74) is 0.395. The SMILES string of the molecule is CCN(Cc1ccncc1)C[C@]1(O)CCN(C(=O)C2CCNCC2)C1. The first-order valence-electron chi connectivity index (χ1n) is 9.43. The molecule has 0 aliphatic carbocycles. The molecule has 6 nitrogen and oxygen atoms in total. The Morgan fingerprint density at radius 1 is 1.40 bits per heavy atom. The normalized spacial score (nSPS) is 24.8. The first-order valence-corrected chi connectivity index (χ1v) is 9.43. The van der Waals surface area contributed by atoms with E-state index in [4.69, 9.17) is 0 Å². The van der Waals surface area contributed by atoms with Gasteiger partial charge in [0.1, 0.15) is 0 Å². The molecular formula is C19H30N4O2. The van der Waals surface area contributed by atoms with Gasteiger partial charge in [0.2, 0.25) is 5.91 Å². The first kappa shape index (κ1) is 18.3. The summed E-state index contributed by atoms with van der Waals surface area (Å²) < 4.78 is 0. The van der Waals surface area contributed by atoms with E-state index in [0.29, 0.717) is 26.1 Å². The Bertz CT molecular complexity index is 562. The molecule has 0 saturated carbocycles. The zero-order chi connectivity index (χ0) is 17.7. The smallest absolute Gasteiger partial charge is 0.225 e. The van der Waals surface area contributed by atoms with Gasteiger partial charge in [-0.05, 0) is 56.6 Å². The van der Waals surface area contributed by atoms with Gasteiger partial charge in [0.25, 0.3) is 0 Å². The molecule has 1 atom stereocenters. The molecular weight excluding hydrogens is 316 g/mol. The molecule has 2 N–H and O–H groups in total. The van der Waals surface area contributed by atoms with Crippen molar-refractivity contribution < 1.29 is 9.90 Å². The van der Waals surface area contributed by atoms with Crippen LogP contribution < -0.4 is 5.32 Å². The zero-order valence-electron chi connectivity index (χ0n) is 15.2. The van der Waals surface area contributed by atoms with Crippen LogP contribution in [0, 0.1) is 5.92 Å². The van der Waals surface area contributed by atoms with E-state index >= 15 is 0 Å². The standard InChI is InChI=1S/C19H30N4O2/c1-2-22(13-16-3-8-20-9-4-16)14-19(25)7-12-23(15-19)18(24)17-5-10-21-11-6-17/h3-4,8-9,17,21,25H,2,5-7,10-15H2,1H3/t19-/m1/s1. The zero-order valence-corrected chi connectivity index (χ0v) is 15.2. The third kappa shape index (κ3) is 4.77. The molecule has 3 rings (SSSR count). The number of rotatable bonds is 6. The fraction of sp³-hybridized carbons (Fsp3) is 0.684. The molecule has 1 amide bonds. The number of aromatic nitrogens is 1. The monoisotopic (exact) mass is 346 g/mol. The molecule has 2 aliphatic heterocycles. The molecule has 2 fully saturated rings. The van der Waals surface area contributed by atoms with Gasteiger partial charge in [-0.1, -0.05) is 6.92 Å². The van der Waals surface area contributed by atoms with Crippen LogP contribution in [0.25, 0.3) is 0 Å². The number of hydrogen-bond acceptors (Lipinski definition) is 5. The van der Waals surface area contributed by atoms with E-state index in [1.54, 1.807) is 12.4 Å². The molecule has 2 saturated heterocycles. The second-order valence-corrected chi connectivity index (χ2v) is 7.42. The predicted octanol–water partition coefficient (Wildman–Crippen LogP) is 0.867. The maximum absolute atomic E-state index is 12.7. The lowest BCUT2D eigenvalue weighted by atomic mass is 9.96. The summed E-state index contributed by atoms with van der Waals surface area (Å²) in [5, 5.41) is 14.3. The van der Waals surface area contributed by atoms with Gasteiger partial charge in [0.15, 0.2) is 0 Å². The van der Waals surface area contributed by atoms with Gasteiger partial charge in [-0.25, -0.2) is 0 Å². The topological polar surface area (TPSA) is 68.7 Å². The maximum atomic E-state index is 12.7. The first-order chi connectivity index (χ1) is 12.1. The minimum absolute atomic E-state index is 0.127. The molecule has 0 radical (unpaired) electrons. The second-order valence-electron chi connectivity index (χ2n) is 7.42. The number of piperidine rings is 1. The van der Waals surface area contributed by atoms with E-state index in [9.17, 15) is 9.90 Å². The van der Waals surface area contributed by atoms with Crippen molar-refractivity contribution in [2.24, 2.45) is 5.92 Å². The van der Waals surface area contributed by atoms with Gasteiger partial charge < -0.3 is 15.3 Å². The Balaban J connectivity index is 1.55. The molecule has 0 unspecified atom stereocenters. The third-order valence-electron chi connectivity index (χ3n) is 5.45. The molecule has 0 bridgehead atoms. The van der Waals surface area contributed by atoms with Crippen LogP contribution in [0.1, 0.15) is 31.7 Å². The summed E-state index contributed by atoms with van der Waals surface area (Å²) in [4.78, 5) is 20.9. The number of amides is 1. The summed E-state index contributed by atoms with van der Waals surface area (Å²) in [6.45, 7) is 7.35. The molecule has 3 heterocycles. The van der Waals surface area contributed by atoms with Gasteiger partial charge in [0.05, 0.1) is 12.1 Å². The van der Waals surface area contributed by atoms with E-state index in [-0.39, 0.29) is 11.8 Å². The maximum Gasteiger partial charge on any atom is 0.225 e. The Morgan fingerprint density at radius 3 is 2.80 bits per heavy atom. The number of carbonyl (C=O) groups is 1. The number of nitrogens with zero attached hydrogens (tertiary/aromatic N) is 3. The Morgan fingerprint density at radius 2 is 2.12 bits per heavy atom. The molecule has 25 heavy (non-hydrogen) atoms. The highest BCUT2D eigenvalue weighted by Gasteiger charge is 2.40. The molecule has 0 spiro atoms. The lowest BCUT2D eigenvalue weighted by Crippen LogP contribution is -2.47. The van der Waals surface area contributed by atoms with E-state index in [1.165, 1.54) is 5.56 Å². The predicted molar refractivity (Wildman–Crippen MR) is 96.9 cm³/mol. The van der Waals surface area contributed by atoms with Gasteiger partial charge in [-0.2, -0.15) is 0 Å². The Labute approximate surface area is 150 Å². The van der Waals surface area contributed by atoms with Crippen molar-refractivity contribution in [3.63, 3.8) is 0 Å². The van der Waals surface area contributed by atoms with E-state index in [2.05, 4.69) is 22.1 Å². The van der Waals surface area contributed by atoms with E-state index in [0.717, 1.165) is 39.0 Å². The molecule has 0 aromatic carbocycles. The van der Waals surface area contributed by atoms with Crippen LogP contribution in [-0.2, 0) is 11.3 Å². The minimum atomic E-state index is -0.800. The largest absolute Gasteiger partial charge is 0.387 e. The van der Waals surface area contributed by atoms with Crippen LogP contribution in [-0.4, -0.2) is 70.7 Å². The number of pyridine rings is 1. The van der Waals surface area contributed by atoms with Crippen LogP contribution >= 0.6 is 0 Å². The highest BCUT2D eigenvalue weighted by atomic mass is 16.3. The van der Waals surface area contributed by atoms with Gasteiger partial charge in [-0.15, -0.1) is 0 Å². The van der Waals surface area contributed by atoms with Crippen molar-refractivity contribution in [2.75, 3.05) is 39.3 Å². The molecule has 2 aliphatic rings. The van der Waals surface area contributed by atoms with Gasteiger partial charge in [0, 0.05) is 37.9 Å². The Hall–Kier alpha value is -1.50. The average molecular weight is 346 g/mol.